The molecule has 1 aliphatic carbocycles. The number of hydrogen-bond acceptors (Lipinski definition) is 6. The Kier molecular flexibility index (Phi) is 7.50. The number of carbonyl (C=O) groups is 2. The summed E-state index contributed by atoms with van der Waals surface area (Å²) in [6, 6.07) is 9.33. The maximum absolute atomic E-state index is 14.2. The summed E-state index contributed by atoms with van der Waals surface area (Å²) in [4.78, 5) is 42.2. The summed E-state index contributed by atoms with van der Waals surface area (Å²) in [5.74, 6) is 1.18. The molecule has 1 aromatic carbocycles. The van der Waals surface area contributed by atoms with E-state index in [-0.39, 0.29) is 23.8 Å². The number of nitrogens with one attached hydrogen (secondary N) is 1. The summed E-state index contributed by atoms with van der Waals surface area (Å²) in [5.41, 5.74) is 8.40. The van der Waals surface area contributed by atoms with Crippen LogP contribution in [0.1, 0.15) is 68.9 Å². The van der Waals surface area contributed by atoms with E-state index in [1.807, 2.05) is 46.7 Å². The number of likely N-dealkylation sites (N-methyl/N-ethyl adjacent to an activating group) is 1. The Morgan fingerprint density at radius 2 is 1.89 bits per heavy atom. The van der Waals surface area contributed by atoms with Gasteiger partial charge in [0.25, 0.3) is 0 Å². The number of amides is 2. The number of carbonyl (C=O) groups excluding carboxylic acids is 2. The largest absolute Gasteiger partial charge is 0.368 e. The Morgan fingerprint density at radius 1 is 1.11 bits per heavy atom. The van der Waals surface area contributed by atoms with Crippen molar-refractivity contribution in [2.24, 2.45) is 17.6 Å². The van der Waals surface area contributed by atoms with E-state index in [0.717, 1.165) is 61.1 Å². The average molecular weight is 504 g/mol. The molecule has 0 spiro atoms. The molecule has 9 heteroatoms. The maximum Gasteiger partial charge on any atom is 0.234 e. The first-order valence-electron chi connectivity index (χ1n) is 13.5. The minimum absolute atomic E-state index is 0.115. The van der Waals surface area contributed by atoms with Crippen molar-refractivity contribution < 1.29 is 9.59 Å². The number of hydrogen-bond donors (Lipinski definition) is 2. The number of benzene rings is 1. The van der Waals surface area contributed by atoms with Gasteiger partial charge in [0.1, 0.15) is 18.0 Å². The topological polar surface area (TPSA) is 119 Å². The molecule has 3 unspecified atom stereocenters. The molecule has 2 fully saturated rings. The van der Waals surface area contributed by atoms with Crippen LogP contribution in [-0.4, -0.2) is 55.9 Å². The summed E-state index contributed by atoms with van der Waals surface area (Å²) >= 11 is 0. The highest BCUT2D eigenvalue weighted by Crippen LogP contribution is 2.38. The van der Waals surface area contributed by atoms with Gasteiger partial charge in [-0.3, -0.25) is 14.2 Å². The molecule has 3 N–H and O–H groups in total. The molecule has 3 aromatic rings. The Morgan fingerprint density at radius 3 is 2.65 bits per heavy atom. The minimum Gasteiger partial charge on any atom is -0.368 e. The van der Waals surface area contributed by atoms with Crippen LogP contribution < -0.4 is 11.1 Å². The number of nitrogens with two attached hydrogens (primary N) is 1. The van der Waals surface area contributed by atoms with Crippen LogP contribution >= 0.6 is 0 Å². The molecule has 1 saturated heterocycles. The van der Waals surface area contributed by atoms with Crippen molar-refractivity contribution in [3.05, 3.63) is 48.2 Å². The van der Waals surface area contributed by atoms with Gasteiger partial charge in [-0.05, 0) is 64.1 Å². The smallest absolute Gasteiger partial charge is 0.234 e. The normalized spacial score (nSPS) is 20.3. The zero-order valence-electron chi connectivity index (χ0n) is 21.8. The van der Waals surface area contributed by atoms with Crippen molar-refractivity contribution in [3.8, 4) is 5.82 Å². The Bertz CT molecular complexity index is 1270. The second-order valence-corrected chi connectivity index (χ2v) is 10.5. The van der Waals surface area contributed by atoms with E-state index in [1.165, 1.54) is 6.42 Å². The molecule has 3 atom stereocenters. The molecule has 1 saturated carbocycles. The summed E-state index contributed by atoms with van der Waals surface area (Å²) in [7, 11) is 1.74. The predicted molar refractivity (Wildman–Crippen MR) is 142 cm³/mol. The van der Waals surface area contributed by atoms with Crippen molar-refractivity contribution >= 4 is 22.8 Å². The lowest BCUT2D eigenvalue weighted by Gasteiger charge is -2.35. The number of rotatable bonds is 8. The second kappa shape index (κ2) is 11.0. The third kappa shape index (κ3) is 5.23. The quantitative estimate of drug-likeness (QED) is 0.486. The number of nitrogens with zero attached hydrogens (tertiary/aromatic N) is 5. The van der Waals surface area contributed by atoms with Gasteiger partial charge in [-0.15, -0.1) is 0 Å². The fourth-order valence-corrected chi connectivity index (χ4v) is 6.22. The van der Waals surface area contributed by atoms with Gasteiger partial charge in [-0.2, -0.15) is 0 Å². The van der Waals surface area contributed by atoms with E-state index in [0.29, 0.717) is 18.8 Å². The number of aromatic nitrogens is 4. The van der Waals surface area contributed by atoms with Crippen LogP contribution in [0.4, 0.5) is 0 Å². The number of fused-ring (bicyclic) bond motifs is 1. The van der Waals surface area contributed by atoms with Gasteiger partial charge in [-0.25, -0.2) is 15.0 Å². The molecular formula is C28H37N7O2. The van der Waals surface area contributed by atoms with Crippen molar-refractivity contribution in [2.75, 3.05) is 13.6 Å². The first kappa shape index (κ1) is 25.3. The SMILES string of the molecule is CNC(CC(C(=O)N1CCCC1c1cc(-n2cnc3ccccc32)nc(C)n1)C1CCCCC1)C(N)=O. The molecular weight excluding hydrogens is 466 g/mol. The van der Waals surface area contributed by atoms with Gasteiger partial charge in [0, 0.05) is 18.5 Å². The zero-order valence-corrected chi connectivity index (χ0v) is 21.8. The lowest BCUT2D eigenvalue weighted by molar-refractivity contribution is -0.139. The van der Waals surface area contributed by atoms with E-state index < -0.39 is 11.9 Å². The highest BCUT2D eigenvalue weighted by molar-refractivity contribution is 5.83. The summed E-state index contributed by atoms with van der Waals surface area (Å²) in [6.45, 7) is 2.59. The number of imidazole rings is 1. The number of likely N-dealkylation sites (tertiary alicyclic amines) is 1. The molecule has 196 valence electrons. The fraction of sp³-hybridized carbons (Fsp3) is 0.536. The molecule has 3 heterocycles. The Labute approximate surface area is 217 Å². The number of primary amides is 1. The molecule has 1 aliphatic heterocycles. The molecule has 2 aromatic heterocycles. The third-order valence-electron chi connectivity index (χ3n) is 8.14. The molecule has 2 aliphatic rings. The van der Waals surface area contributed by atoms with Crippen LogP contribution in [0.2, 0.25) is 0 Å². The number of para-hydroxylation sites is 2. The molecule has 5 rings (SSSR count). The third-order valence-corrected chi connectivity index (χ3v) is 8.14. The van der Waals surface area contributed by atoms with Crippen LogP contribution in [0.25, 0.3) is 16.9 Å². The van der Waals surface area contributed by atoms with Crippen molar-refractivity contribution in [1.29, 1.82) is 0 Å². The van der Waals surface area contributed by atoms with Crippen LogP contribution in [0.3, 0.4) is 0 Å². The van der Waals surface area contributed by atoms with Crippen LogP contribution in [0, 0.1) is 18.8 Å². The van der Waals surface area contributed by atoms with Gasteiger partial charge in [-0.1, -0.05) is 31.4 Å². The highest BCUT2D eigenvalue weighted by atomic mass is 16.2. The van der Waals surface area contributed by atoms with Gasteiger partial charge in [0.2, 0.25) is 11.8 Å². The molecule has 2 amide bonds. The molecule has 0 radical (unpaired) electrons. The second-order valence-electron chi connectivity index (χ2n) is 10.5. The lowest BCUT2D eigenvalue weighted by Crippen LogP contribution is -2.46. The number of aryl methyl sites for hydroxylation is 1. The first-order chi connectivity index (χ1) is 18.0. The van der Waals surface area contributed by atoms with Crippen LogP contribution in [0.5, 0.6) is 0 Å². The summed E-state index contributed by atoms with van der Waals surface area (Å²) < 4.78 is 1.98. The van der Waals surface area contributed by atoms with Gasteiger partial charge < -0.3 is 16.0 Å². The standard InChI is InChI=1S/C28H37N7O2/c1-18-32-22(16-26(33-18)35-17-31-21-11-6-7-12-24(21)35)25-13-8-14-34(25)28(37)20(15-23(30-2)27(29)36)19-9-4-3-5-10-19/h6-7,11-12,16-17,19-20,23,25,30H,3-5,8-10,13-15H2,1-2H3,(H2,29,36). The van der Waals surface area contributed by atoms with Crippen molar-refractivity contribution in [1.82, 2.24) is 29.7 Å². The van der Waals surface area contributed by atoms with Gasteiger partial charge >= 0.3 is 0 Å². The van der Waals surface area contributed by atoms with Gasteiger partial charge in [0.05, 0.1) is 28.8 Å². The monoisotopic (exact) mass is 503 g/mol. The summed E-state index contributed by atoms with van der Waals surface area (Å²) in [5, 5.41) is 3.03. The van der Waals surface area contributed by atoms with Gasteiger partial charge in [0.15, 0.2) is 0 Å². The van der Waals surface area contributed by atoms with E-state index in [4.69, 9.17) is 15.7 Å². The van der Waals surface area contributed by atoms with E-state index >= 15 is 0 Å². The maximum atomic E-state index is 14.2. The average Bonchev–Trinajstić information content (AvgIpc) is 3.57. The molecule has 0 bridgehead atoms. The van der Waals surface area contributed by atoms with Crippen molar-refractivity contribution in [2.45, 2.75) is 70.4 Å². The zero-order chi connectivity index (χ0) is 25.9. The molecule has 9 nitrogen and oxygen atoms in total. The predicted octanol–water partition coefficient (Wildman–Crippen LogP) is 3.45. The Hall–Kier alpha value is -3.33. The highest BCUT2D eigenvalue weighted by Gasteiger charge is 2.40. The van der Waals surface area contributed by atoms with Crippen LogP contribution in [0.15, 0.2) is 36.7 Å². The first-order valence-corrected chi connectivity index (χ1v) is 13.5. The fourth-order valence-electron chi connectivity index (χ4n) is 6.22. The minimum atomic E-state index is -0.514. The van der Waals surface area contributed by atoms with Crippen LogP contribution in [-0.2, 0) is 9.59 Å². The van der Waals surface area contributed by atoms with E-state index in [2.05, 4.69) is 10.3 Å². The molecule has 37 heavy (non-hydrogen) atoms. The van der Waals surface area contributed by atoms with E-state index in [9.17, 15) is 9.59 Å². The lowest BCUT2D eigenvalue weighted by atomic mass is 9.76. The van der Waals surface area contributed by atoms with E-state index in [1.54, 1.807) is 13.4 Å². The summed E-state index contributed by atoms with van der Waals surface area (Å²) in [6.07, 6.45) is 9.52. The Balaban J connectivity index is 1.45. The van der Waals surface area contributed by atoms with Crippen molar-refractivity contribution in [3.63, 3.8) is 0 Å².